The van der Waals surface area contributed by atoms with Gasteiger partial charge in [0, 0.05) is 19.6 Å². The van der Waals surface area contributed by atoms with Crippen molar-refractivity contribution < 1.29 is 9.90 Å². The molecule has 0 saturated carbocycles. The summed E-state index contributed by atoms with van der Waals surface area (Å²) < 4.78 is 0. The third kappa shape index (κ3) is 3.45. The van der Waals surface area contributed by atoms with Crippen LogP contribution in [0.5, 0.6) is 0 Å². The molecule has 2 atom stereocenters. The van der Waals surface area contributed by atoms with E-state index in [2.05, 4.69) is 17.9 Å². The van der Waals surface area contributed by atoms with E-state index in [0.717, 1.165) is 0 Å². The normalized spacial score (nSPS) is 15.3. The third-order valence-corrected chi connectivity index (χ3v) is 2.57. The van der Waals surface area contributed by atoms with E-state index in [-0.39, 0.29) is 24.3 Å². The summed E-state index contributed by atoms with van der Waals surface area (Å²) in [5.41, 5.74) is 0. The highest BCUT2D eigenvalue weighted by atomic mass is 32.1. The lowest BCUT2D eigenvalue weighted by molar-refractivity contribution is -0.125. The Morgan fingerprint density at radius 1 is 1.67 bits per heavy atom. The van der Waals surface area contributed by atoms with Crippen molar-refractivity contribution in [1.29, 1.82) is 0 Å². The minimum absolute atomic E-state index is 0.0162. The summed E-state index contributed by atoms with van der Waals surface area (Å²) in [4.78, 5) is 11.2. The second-order valence-corrected chi connectivity index (χ2v) is 3.22. The molecule has 0 heterocycles. The van der Waals surface area contributed by atoms with Crippen molar-refractivity contribution in [3.8, 4) is 0 Å². The second kappa shape index (κ2) is 6.31. The van der Waals surface area contributed by atoms with Crippen molar-refractivity contribution in [3.05, 3.63) is 0 Å². The van der Waals surface area contributed by atoms with Crippen LogP contribution in [0.3, 0.4) is 0 Å². The summed E-state index contributed by atoms with van der Waals surface area (Å²) in [5, 5.41) is 11.3. The molecular weight excluding hydrogens is 174 g/mol. The summed E-state index contributed by atoms with van der Waals surface area (Å²) in [6.07, 6.45) is 0.637. The van der Waals surface area contributed by atoms with Crippen molar-refractivity contribution in [1.82, 2.24) is 5.32 Å². The quantitative estimate of drug-likeness (QED) is 0.547. The molecule has 3 nitrogen and oxygen atoms in total. The van der Waals surface area contributed by atoms with Crippen molar-refractivity contribution in [3.63, 3.8) is 0 Å². The molecular formula is C8H17NO2S. The van der Waals surface area contributed by atoms with Crippen LogP contribution in [0.1, 0.15) is 13.3 Å². The van der Waals surface area contributed by atoms with Crippen LogP contribution in [0, 0.1) is 11.8 Å². The van der Waals surface area contributed by atoms with Gasteiger partial charge in [-0.1, -0.05) is 6.92 Å². The molecule has 2 unspecified atom stereocenters. The smallest absolute Gasteiger partial charge is 0.222 e. The molecule has 1 amide bonds. The molecule has 0 fully saturated rings. The van der Waals surface area contributed by atoms with E-state index in [1.54, 1.807) is 7.05 Å². The fraction of sp³-hybridized carbons (Fsp3) is 0.875. The Labute approximate surface area is 79.0 Å². The Kier molecular flexibility index (Phi) is 6.20. The van der Waals surface area contributed by atoms with Crippen LogP contribution in [0.2, 0.25) is 0 Å². The molecule has 0 aromatic heterocycles. The number of aliphatic hydroxyl groups is 1. The molecule has 0 aliphatic heterocycles. The molecule has 4 heteroatoms. The van der Waals surface area contributed by atoms with Gasteiger partial charge in [-0.2, -0.15) is 12.6 Å². The van der Waals surface area contributed by atoms with Crippen molar-refractivity contribution in [2.24, 2.45) is 11.8 Å². The Hall–Kier alpha value is -0.220. The van der Waals surface area contributed by atoms with Gasteiger partial charge in [-0.05, 0) is 18.1 Å². The first-order chi connectivity index (χ1) is 5.67. The van der Waals surface area contributed by atoms with E-state index < -0.39 is 0 Å². The number of carbonyl (C=O) groups excluding carboxylic acids is 1. The van der Waals surface area contributed by atoms with Crippen LogP contribution in [0.4, 0.5) is 0 Å². The Morgan fingerprint density at radius 3 is 2.58 bits per heavy atom. The van der Waals surface area contributed by atoms with Gasteiger partial charge in [0.1, 0.15) is 0 Å². The van der Waals surface area contributed by atoms with Gasteiger partial charge < -0.3 is 10.4 Å². The molecule has 0 radical (unpaired) electrons. The molecule has 72 valence electrons. The van der Waals surface area contributed by atoms with Crippen molar-refractivity contribution in [2.45, 2.75) is 13.3 Å². The molecule has 0 bridgehead atoms. The van der Waals surface area contributed by atoms with E-state index in [0.29, 0.717) is 12.2 Å². The van der Waals surface area contributed by atoms with Gasteiger partial charge in [0.05, 0.1) is 0 Å². The predicted octanol–water partition coefficient (Wildman–Crippen LogP) is 0.297. The highest BCUT2D eigenvalue weighted by Crippen LogP contribution is 2.16. The fourth-order valence-corrected chi connectivity index (χ4v) is 1.61. The van der Waals surface area contributed by atoms with Gasteiger partial charge in [-0.15, -0.1) is 0 Å². The van der Waals surface area contributed by atoms with Crippen LogP contribution in [-0.2, 0) is 4.79 Å². The number of hydrogen-bond donors (Lipinski definition) is 3. The molecule has 0 aromatic rings. The van der Waals surface area contributed by atoms with E-state index >= 15 is 0 Å². The van der Waals surface area contributed by atoms with Gasteiger partial charge >= 0.3 is 0 Å². The van der Waals surface area contributed by atoms with Crippen LogP contribution in [0.15, 0.2) is 0 Å². The summed E-state index contributed by atoms with van der Waals surface area (Å²) >= 11 is 4.13. The topological polar surface area (TPSA) is 49.3 Å². The number of nitrogens with one attached hydrogen (secondary N) is 1. The predicted molar refractivity (Wildman–Crippen MR) is 52.3 cm³/mol. The zero-order valence-corrected chi connectivity index (χ0v) is 8.47. The standard InChI is InChI=1S/C8H17NO2S/c1-6(8(11)9-2)7(5-12)3-4-10/h6-7,10,12H,3-5H2,1-2H3,(H,9,11). The molecule has 0 saturated heterocycles. The average molecular weight is 191 g/mol. The van der Waals surface area contributed by atoms with Gasteiger partial charge in [-0.3, -0.25) is 4.79 Å². The zero-order valence-electron chi connectivity index (χ0n) is 7.58. The zero-order chi connectivity index (χ0) is 9.56. The second-order valence-electron chi connectivity index (χ2n) is 2.86. The van der Waals surface area contributed by atoms with Crippen LogP contribution in [0.25, 0.3) is 0 Å². The number of hydrogen-bond acceptors (Lipinski definition) is 3. The number of thiol groups is 1. The molecule has 2 N–H and O–H groups in total. The first kappa shape index (κ1) is 11.8. The van der Waals surface area contributed by atoms with Gasteiger partial charge in [0.25, 0.3) is 0 Å². The number of rotatable bonds is 5. The summed E-state index contributed by atoms with van der Waals surface area (Å²) in [6, 6.07) is 0. The maximum absolute atomic E-state index is 11.2. The van der Waals surface area contributed by atoms with Gasteiger partial charge in [0.15, 0.2) is 0 Å². The molecule has 12 heavy (non-hydrogen) atoms. The average Bonchev–Trinajstić information content (AvgIpc) is 2.11. The van der Waals surface area contributed by atoms with E-state index in [1.807, 2.05) is 6.92 Å². The minimum Gasteiger partial charge on any atom is -0.396 e. The van der Waals surface area contributed by atoms with E-state index in [4.69, 9.17) is 5.11 Å². The maximum Gasteiger partial charge on any atom is 0.222 e. The van der Waals surface area contributed by atoms with Crippen molar-refractivity contribution >= 4 is 18.5 Å². The van der Waals surface area contributed by atoms with Crippen LogP contribution < -0.4 is 5.32 Å². The Bertz CT molecular complexity index is 141. The first-order valence-electron chi connectivity index (χ1n) is 4.10. The lowest BCUT2D eigenvalue weighted by atomic mass is 9.92. The van der Waals surface area contributed by atoms with E-state index in [1.165, 1.54) is 0 Å². The SMILES string of the molecule is CNC(=O)C(C)C(CS)CCO. The van der Waals surface area contributed by atoms with Gasteiger partial charge in [0.2, 0.25) is 5.91 Å². The number of carbonyl (C=O) groups is 1. The number of aliphatic hydroxyl groups excluding tert-OH is 1. The Balaban J connectivity index is 4.00. The van der Waals surface area contributed by atoms with Gasteiger partial charge in [-0.25, -0.2) is 0 Å². The van der Waals surface area contributed by atoms with Crippen LogP contribution in [-0.4, -0.2) is 30.4 Å². The third-order valence-electron chi connectivity index (χ3n) is 2.10. The first-order valence-corrected chi connectivity index (χ1v) is 4.73. The molecule has 0 spiro atoms. The molecule has 0 aliphatic rings. The highest BCUT2D eigenvalue weighted by molar-refractivity contribution is 7.80. The fourth-order valence-electron chi connectivity index (χ4n) is 1.11. The number of amides is 1. The minimum atomic E-state index is -0.0698. The van der Waals surface area contributed by atoms with Crippen LogP contribution >= 0.6 is 12.6 Å². The summed E-state index contributed by atoms with van der Waals surface area (Å²) in [6.45, 7) is 1.97. The monoisotopic (exact) mass is 191 g/mol. The lowest BCUT2D eigenvalue weighted by Gasteiger charge is -2.19. The van der Waals surface area contributed by atoms with Crippen molar-refractivity contribution in [2.75, 3.05) is 19.4 Å². The van der Waals surface area contributed by atoms with E-state index in [9.17, 15) is 4.79 Å². The molecule has 0 aromatic carbocycles. The highest BCUT2D eigenvalue weighted by Gasteiger charge is 2.21. The lowest BCUT2D eigenvalue weighted by Crippen LogP contribution is -2.31. The Morgan fingerprint density at radius 2 is 2.25 bits per heavy atom. The largest absolute Gasteiger partial charge is 0.396 e. The molecule has 0 aliphatic carbocycles. The maximum atomic E-state index is 11.2. The summed E-state index contributed by atoms with van der Waals surface area (Å²) in [5.74, 6) is 0.746. The molecule has 0 rings (SSSR count). The summed E-state index contributed by atoms with van der Waals surface area (Å²) in [7, 11) is 1.62.